The molecule has 1 saturated heterocycles. The lowest BCUT2D eigenvalue weighted by molar-refractivity contribution is 0.499. The minimum Gasteiger partial charge on any atom is -0.339 e. The van der Waals surface area contributed by atoms with Crippen molar-refractivity contribution in [3.63, 3.8) is 0 Å². The summed E-state index contributed by atoms with van der Waals surface area (Å²) in [5.74, 6) is 1.23. The minimum absolute atomic E-state index is 0.419. The van der Waals surface area contributed by atoms with Gasteiger partial charge in [0.15, 0.2) is 0 Å². The van der Waals surface area contributed by atoms with Gasteiger partial charge in [-0.15, -0.1) is 11.3 Å². The topological polar surface area (TPSA) is 59.7 Å². The van der Waals surface area contributed by atoms with Crippen LogP contribution in [0.15, 0.2) is 54.6 Å². The first-order valence-electron chi connectivity index (χ1n) is 8.83. The maximum atomic E-state index is 4.87. The Labute approximate surface area is 155 Å². The smallest absolute Gasteiger partial charge is 0.250 e. The van der Waals surface area contributed by atoms with E-state index in [1.54, 1.807) is 0 Å². The van der Waals surface area contributed by atoms with Crippen LogP contribution in [0.4, 0.5) is 5.95 Å². The Hall–Kier alpha value is -2.80. The number of nitrogens with zero attached hydrogens (tertiary/aromatic N) is 6. The van der Waals surface area contributed by atoms with Crippen LogP contribution in [0, 0.1) is 0 Å². The molecule has 0 unspecified atom stereocenters. The number of aromatic nitrogens is 5. The van der Waals surface area contributed by atoms with E-state index in [0.717, 1.165) is 43.1 Å². The van der Waals surface area contributed by atoms with Crippen LogP contribution in [0.1, 0.15) is 23.8 Å². The summed E-state index contributed by atoms with van der Waals surface area (Å²) in [6.45, 7) is 1.86. The van der Waals surface area contributed by atoms with Gasteiger partial charge in [0.05, 0.1) is 20.9 Å². The van der Waals surface area contributed by atoms with Crippen LogP contribution in [0.25, 0.3) is 15.9 Å². The number of hydrogen-bond acceptors (Lipinski definition) is 6. The third-order valence-electron chi connectivity index (χ3n) is 4.82. The molecule has 0 N–H and O–H groups in total. The number of anilines is 1. The normalized spacial score (nSPS) is 17.7. The van der Waals surface area contributed by atoms with Crippen molar-refractivity contribution in [3.05, 3.63) is 59.6 Å². The van der Waals surface area contributed by atoms with Gasteiger partial charge in [-0.3, -0.25) is 0 Å². The van der Waals surface area contributed by atoms with Crippen molar-refractivity contribution < 1.29 is 0 Å². The van der Waals surface area contributed by atoms with Crippen molar-refractivity contribution >= 4 is 27.5 Å². The first-order chi connectivity index (χ1) is 12.9. The molecule has 26 heavy (non-hydrogen) atoms. The first kappa shape index (κ1) is 15.5. The van der Waals surface area contributed by atoms with E-state index in [-0.39, 0.29) is 0 Å². The Balaban J connectivity index is 1.44. The van der Waals surface area contributed by atoms with Gasteiger partial charge in [-0.2, -0.15) is 4.68 Å². The fraction of sp³-hybridized carbons (Fsp3) is 0.263. The van der Waals surface area contributed by atoms with Gasteiger partial charge in [0, 0.05) is 19.0 Å². The van der Waals surface area contributed by atoms with Gasteiger partial charge in [0.2, 0.25) is 5.95 Å². The second-order valence-electron chi connectivity index (χ2n) is 6.53. The highest BCUT2D eigenvalue weighted by Crippen LogP contribution is 2.34. The van der Waals surface area contributed by atoms with Gasteiger partial charge in [0.25, 0.3) is 0 Å². The van der Waals surface area contributed by atoms with Crippen molar-refractivity contribution in [1.82, 2.24) is 25.2 Å². The van der Waals surface area contributed by atoms with Gasteiger partial charge in [-0.1, -0.05) is 35.4 Å². The molecule has 0 saturated carbocycles. The Morgan fingerprint density at radius 1 is 1.00 bits per heavy atom. The Kier molecular flexibility index (Phi) is 3.86. The van der Waals surface area contributed by atoms with Gasteiger partial charge >= 0.3 is 0 Å². The van der Waals surface area contributed by atoms with Crippen molar-refractivity contribution in [2.24, 2.45) is 0 Å². The SMILES string of the molecule is c1ccc(-n2nnnc2N2CCC[C@H](c3nc4ccccc4s3)C2)cc1. The van der Waals surface area contributed by atoms with E-state index < -0.39 is 0 Å². The van der Waals surface area contributed by atoms with Gasteiger partial charge in [-0.05, 0) is 47.5 Å². The average molecular weight is 362 g/mol. The predicted octanol–water partition coefficient (Wildman–Crippen LogP) is 3.66. The fourth-order valence-corrected chi connectivity index (χ4v) is 4.63. The number of rotatable bonds is 3. The number of piperidine rings is 1. The molecule has 5 rings (SSSR count). The molecule has 0 aliphatic carbocycles. The van der Waals surface area contributed by atoms with Crippen molar-refractivity contribution in [2.45, 2.75) is 18.8 Å². The maximum Gasteiger partial charge on any atom is 0.250 e. The molecule has 6 nitrogen and oxygen atoms in total. The number of hydrogen-bond donors (Lipinski definition) is 0. The molecule has 1 atom stereocenters. The van der Waals surface area contributed by atoms with E-state index in [9.17, 15) is 0 Å². The van der Waals surface area contributed by atoms with Crippen LogP contribution in [0.2, 0.25) is 0 Å². The zero-order valence-electron chi connectivity index (χ0n) is 14.2. The van der Waals surface area contributed by atoms with Gasteiger partial charge in [-0.25, -0.2) is 4.98 Å². The average Bonchev–Trinajstić information content (AvgIpc) is 3.36. The zero-order valence-corrected chi connectivity index (χ0v) is 15.0. The molecule has 1 fully saturated rings. The standard InChI is InChI=1S/C19H18N6S/c1-2-8-15(9-3-1)25-19(21-22-23-25)24-12-6-7-14(13-24)18-20-16-10-4-5-11-17(16)26-18/h1-5,8-11,14H,6-7,12-13H2/t14-/m0/s1. The number of thiazole rings is 1. The summed E-state index contributed by atoms with van der Waals surface area (Å²) in [4.78, 5) is 7.15. The number of tetrazole rings is 1. The zero-order chi connectivity index (χ0) is 17.3. The third-order valence-corrected chi connectivity index (χ3v) is 6.02. The van der Waals surface area contributed by atoms with Crippen LogP contribution < -0.4 is 4.90 Å². The lowest BCUT2D eigenvalue weighted by Gasteiger charge is -2.31. The fourth-order valence-electron chi connectivity index (χ4n) is 3.54. The summed E-state index contributed by atoms with van der Waals surface area (Å²) in [5.41, 5.74) is 2.08. The molecule has 0 spiro atoms. The summed E-state index contributed by atoms with van der Waals surface area (Å²) < 4.78 is 3.08. The van der Waals surface area contributed by atoms with Crippen LogP contribution in [-0.2, 0) is 0 Å². The van der Waals surface area contributed by atoms with Crippen molar-refractivity contribution in [2.75, 3.05) is 18.0 Å². The quantitative estimate of drug-likeness (QED) is 0.557. The monoisotopic (exact) mass is 362 g/mol. The second-order valence-corrected chi connectivity index (χ2v) is 7.59. The van der Waals surface area contributed by atoms with Crippen molar-refractivity contribution in [1.29, 1.82) is 0 Å². The highest BCUT2D eigenvalue weighted by molar-refractivity contribution is 7.18. The first-order valence-corrected chi connectivity index (χ1v) is 9.64. The maximum absolute atomic E-state index is 4.87. The van der Waals surface area contributed by atoms with Crippen molar-refractivity contribution in [3.8, 4) is 5.69 Å². The molecule has 2 aromatic heterocycles. The largest absolute Gasteiger partial charge is 0.339 e. The van der Waals surface area contributed by atoms with E-state index in [2.05, 4.69) is 38.6 Å². The summed E-state index contributed by atoms with van der Waals surface area (Å²) in [7, 11) is 0. The van der Waals surface area contributed by atoms with Gasteiger partial charge < -0.3 is 4.90 Å². The molecule has 3 heterocycles. The second kappa shape index (κ2) is 6.49. The minimum atomic E-state index is 0.419. The highest BCUT2D eigenvalue weighted by atomic mass is 32.1. The van der Waals surface area contributed by atoms with Crippen LogP contribution in [0.5, 0.6) is 0 Å². The molecule has 1 aliphatic heterocycles. The van der Waals surface area contributed by atoms with E-state index in [1.165, 1.54) is 9.71 Å². The molecule has 2 aromatic carbocycles. The van der Waals surface area contributed by atoms with Crippen LogP contribution in [0.3, 0.4) is 0 Å². The lowest BCUT2D eigenvalue weighted by Crippen LogP contribution is -2.36. The predicted molar refractivity (Wildman–Crippen MR) is 103 cm³/mol. The summed E-state index contributed by atoms with van der Waals surface area (Å²) >= 11 is 1.81. The van der Waals surface area contributed by atoms with E-state index in [1.807, 2.05) is 52.4 Å². The highest BCUT2D eigenvalue weighted by Gasteiger charge is 2.27. The van der Waals surface area contributed by atoms with E-state index >= 15 is 0 Å². The number of benzene rings is 2. The summed E-state index contributed by atoms with van der Waals surface area (Å²) in [6.07, 6.45) is 2.27. The third kappa shape index (κ3) is 2.74. The summed E-state index contributed by atoms with van der Waals surface area (Å²) in [5, 5.41) is 13.6. The Bertz CT molecular complexity index is 992. The number of fused-ring (bicyclic) bond motifs is 1. The van der Waals surface area contributed by atoms with Crippen LogP contribution >= 0.6 is 11.3 Å². The molecule has 0 amide bonds. The molecular weight excluding hydrogens is 344 g/mol. The number of para-hydroxylation sites is 2. The molecule has 4 aromatic rings. The Morgan fingerprint density at radius 3 is 2.73 bits per heavy atom. The molecular formula is C19H18N6S. The molecule has 0 bridgehead atoms. The van der Waals surface area contributed by atoms with E-state index in [0.29, 0.717) is 5.92 Å². The molecule has 7 heteroatoms. The van der Waals surface area contributed by atoms with Gasteiger partial charge in [0.1, 0.15) is 0 Å². The van der Waals surface area contributed by atoms with E-state index in [4.69, 9.17) is 4.98 Å². The Morgan fingerprint density at radius 2 is 1.85 bits per heavy atom. The van der Waals surface area contributed by atoms with Crippen LogP contribution in [-0.4, -0.2) is 38.3 Å². The molecule has 1 aliphatic rings. The molecule has 130 valence electrons. The lowest BCUT2D eigenvalue weighted by atomic mass is 9.99. The molecule has 0 radical (unpaired) electrons. The summed E-state index contributed by atoms with van der Waals surface area (Å²) in [6, 6.07) is 18.4.